The van der Waals surface area contributed by atoms with Crippen molar-refractivity contribution in [3.05, 3.63) is 29.3 Å². The predicted octanol–water partition coefficient (Wildman–Crippen LogP) is 2.53. The molecule has 7 heteroatoms. The van der Waals surface area contributed by atoms with Crippen molar-refractivity contribution in [1.29, 1.82) is 0 Å². The van der Waals surface area contributed by atoms with Crippen LogP contribution in [0.3, 0.4) is 0 Å². The van der Waals surface area contributed by atoms with Crippen molar-refractivity contribution in [2.45, 2.75) is 0 Å². The Morgan fingerprint density at radius 3 is 2.84 bits per heavy atom. The molecule has 0 unspecified atom stereocenters. The average molecular weight is 277 g/mol. The monoisotopic (exact) mass is 276 g/mol. The Kier molecular flexibility index (Phi) is 2.72. The first kappa shape index (κ1) is 11.7. The molecule has 3 rings (SSSR count). The van der Waals surface area contributed by atoms with Crippen LogP contribution in [0.15, 0.2) is 28.7 Å². The lowest BCUT2D eigenvalue weighted by Crippen LogP contribution is -2.02. The molecule has 0 saturated heterocycles. The van der Waals surface area contributed by atoms with Gasteiger partial charge in [0.1, 0.15) is 5.58 Å². The number of halogens is 1. The summed E-state index contributed by atoms with van der Waals surface area (Å²) in [5.41, 5.74) is 6.28. The lowest BCUT2D eigenvalue weighted by Gasteiger charge is -2.00. The average Bonchev–Trinajstić information content (AvgIpc) is 2.80. The largest absolute Gasteiger partial charge is 0.467 e. The minimum absolute atomic E-state index is 0.0698. The zero-order valence-electron chi connectivity index (χ0n) is 9.92. The van der Waals surface area contributed by atoms with E-state index in [2.05, 4.69) is 15.0 Å². The van der Waals surface area contributed by atoms with Gasteiger partial charge in [0.25, 0.3) is 0 Å². The van der Waals surface area contributed by atoms with Crippen LogP contribution in [0.4, 0.5) is 5.95 Å². The summed E-state index contributed by atoms with van der Waals surface area (Å²) in [5.74, 6) is 0.863. The summed E-state index contributed by atoms with van der Waals surface area (Å²) < 4.78 is 10.6. The third-order valence-electron chi connectivity index (χ3n) is 2.51. The predicted molar refractivity (Wildman–Crippen MR) is 71.0 cm³/mol. The molecule has 0 radical (unpaired) electrons. The number of ether oxygens (including phenoxy) is 1. The molecule has 0 saturated carbocycles. The van der Waals surface area contributed by atoms with E-state index in [0.29, 0.717) is 22.2 Å². The van der Waals surface area contributed by atoms with Crippen LogP contribution in [-0.4, -0.2) is 22.1 Å². The minimum atomic E-state index is 0.0698. The Morgan fingerprint density at radius 2 is 2.05 bits per heavy atom. The van der Waals surface area contributed by atoms with Gasteiger partial charge >= 0.3 is 6.01 Å². The van der Waals surface area contributed by atoms with Gasteiger partial charge in [0.2, 0.25) is 11.8 Å². The van der Waals surface area contributed by atoms with E-state index in [0.717, 1.165) is 5.39 Å². The molecule has 2 aromatic heterocycles. The highest BCUT2D eigenvalue weighted by Crippen LogP contribution is 2.28. The number of nitrogens with two attached hydrogens (primary N) is 1. The Balaban J connectivity index is 2.15. The second-order valence-electron chi connectivity index (χ2n) is 3.80. The van der Waals surface area contributed by atoms with Crippen molar-refractivity contribution < 1.29 is 9.15 Å². The number of anilines is 1. The zero-order chi connectivity index (χ0) is 13.4. The number of fused-ring (bicyclic) bond motifs is 1. The summed E-state index contributed by atoms with van der Waals surface area (Å²) in [6.07, 6.45) is 0. The maximum Gasteiger partial charge on any atom is 0.321 e. The lowest BCUT2D eigenvalue weighted by atomic mass is 10.2. The fourth-order valence-electron chi connectivity index (χ4n) is 1.70. The van der Waals surface area contributed by atoms with Gasteiger partial charge < -0.3 is 14.9 Å². The van der Waals surface area contributed by atoms with Gasteiger partial charge in [-0.05, 0) is 24.3 Å². The van der Waals surface area contributed by atoms with Gasteiger partial charge in [0, 0.05) is 10.4 Å². The molecule has 19 heavy (non-hydrogen) atoms. The number of furan rings is 1. The number of nitrogens with zero attached hydrogens (tertiary/aromatic N) is 3. The molecule has 0 aliphatic rings. The molecular formula is C12H9ClN4O2. The molecule has 0 spiro atoms. The number of hydrogen-bond donors (Lipinski definition) is 1. The van der Waals surface area contributed by atoms with Crippen LogP contribution in [-0.2, 0) is 0 Å². The highest BCUT2D eigenvalue weighted by atomic mass is 35.5. The van der Waals surface area contributed by atoms with Gasteiger partial charge in [0.15, 0.2) is 5.76 Å². The van der Waals surface area contributed by atoms with Crippen LogP contribution in [0.2, 0.25) is 5.02 Å². The molecule has 0 bridgehead atoms. The number of methoxy groups -OCH3 is 1. The minimum Gasteiger partial charge on any atom is -0.467 e. The van der Waals surface area contributed by atoms with E-state index in [1.54, 1.807) is 24.3 Å². The highest BCUT2D eigenvalue weighted by molar-refractivity contribution is 6.31. The van der Waals surface area contributed by atoms with Crippen LogP contribution in [0.5, 0.6) is 6.01 Å². The van der Waals surface area contributed by atoms with Gasteiger partial charge in [-0.1, -0.05) is 11.6 Å². The lowest BCUT2D eigenvalue weighted by molar-refractivity contribution is 0.379. The molecular weight excluding hydrogens is 268 g/mol. The number of hydrogen-bond acceptors (Lipinski definition) is 6. The third-order valence-corrected chi connectivity index (χ3v) is 2.75. The van der Waals surface area contributed by atoms with Gasteiger partial charge in [-0.2, -0.15) is 15.0 Å². The summed E-state index contributed by atoms with van der Waals surface area (Å²) in [5, 5.41) is 1.49. The summed E-state index contributed by atoms with van der Waals surface area (Å²) in [6.45, 7) is 0. The van der Waals surface area contributed by atoms with E-state index >= 15 is 0 Å². The quantitative estimate of drug-likeness (QED) is 0.774. The molecule has 6 nitrogen and oxygen atoms in total. The van der Waals surface area contributed by atoms with Gasteiger partial charge in [-0.3, -0.25) is 0 Å². The molecule has 0 aliphatic carbocycles. The summed E-state index contributed by atoms with van der Waals surface area (Å²) in [4.78, 5) is 11.9. The normalized spacial score (nSPS) is 10.8. The first-order valence-corrected chi connectivity index (χ1v) is 5.78. The van der Waals surface area contributed by atoms with Crippen molar-refractivity contribution >= 4 is 28.5 Å². The Bertz CT molecular complexity index is 757. The van der Waals surface area contributed by atoms with Crippen molar-refractivity contribution in [2.24, 2.45) is 0 Å². The second kappa shape index (κ2) is 4.40. The van der Waals surface area contributed by atoms with Gasteiger partial charge in [-0.15, -0.1) is 0 Å². The van der Waals surface area contributed by atoms with Crippen molar-refractivity contribution in [1.82, 2.24) is 15.0 Å². The summed E-state index contributed by atoms with van der Waals surface area (Å²) >= 11 is 5.92. The molecule has 96 valence electrons. The second-order valence-corrected chi connectivity index (χ2v) is 4.23. The topological polar surface area (TPSA) is 87.1 Å². The van der Waals surface area contributed by atoms with Crippen LogP contribution < -0.4 is 10.5 Å². The third kappa shape index (κ3) is 2.17. The SMILES string of the molecule is COc1nc(N)nc(-c2cc3cc(Cl)ccc3o2)n1. The van der Waals surface area contributed by atoms with Crippen LogP contribution in [0.1, 0.15) is 0 Å². The molecule has 2 N–H and O–H groups in total. The maximum atomic E-state index is 5.92. The Labute approximate surface area is 113 Å². The van der Waals surface area contributed by atoms with E-state index in [4.69, 9.17) is 26.5 Å². The molecule has 3 aromatic rings. The summed E-state index contributed by atoms with van der Waals surface area (Å²) in [6, 6.07) is 7.25. The van der Waals surface area contributed by atoms with E-state index in [1.165, 1.54) is 7.11 Å². The molecule has 1 aromatic carbocycles. The Morgan fingerprint density at radius 1 is 1.21 bits per heavy atom. The van der Waals surface area contributed by atoms with Gasteiger partial charge in [-0.25, -0.2) is 0 Å². The number of nitrogen functional groups attached to an aromatic ring is 1. The maximum absolute atomic E-state index is 5.92. The van der Waals surface area contributed by atoms with Crippen molar-refractivity contribution in [3.63, 3.8) is 0 Å². The fourth-order valence-corrected chi connectivity index (χ4v) is 1.88. The number of aromatic nitrogens is 3. The van der Waals surface area contributed by atoms with Gasteiger partial charge in [0.05, 0.1) is 7.11 Å². The number of benzene rings is 1. The Hall–Kier alpha value is -2.34. The van der Waals surface area contributed by atoms with E-state index in [1.807, 2.05) is 0 Å². The fraction of sp³-hybridized carbons (Fsp3) is 0.0833. The highest BCUT2D eigenvalue weighted by Gasteiger charge is 2.12. The van der Waals surface area contributed by atoms with E-state index in [-0.39, 0.29) is 12.0 Å². The molecule has 0 amide bonds. The van der Waals surface area contributed by atoms with E-state index < -0.39 is 0 Å². The van der Waals surface area contributed by atoms with Crippen LogP contribution in [0.25, 0.3) is 22.6 Å². The smallest absolute Gasteiger partial charge is 0.321 e. The molecule has 0 atom stereocenters. The van der Waals surface area contributed by atoms with Crippen LogP contribution >= 0.6 is 11.6 Å². The molecule has 0 fully saturated rings. The molecule has 0 aliphatic heterocycles. The van der Waals surface area contributed by atoms with Crippen molar-refractivity contribution in [2.75, 3.05) is 12.8 Å². The zero-order valence-corrected chi connectivity index (χ0v) is 10.7. The van der Waals surface area contributed by atoms with Crippen molar-refractivity contribution in [3.8, 4) is 17.6 Å². The molecule has 2 heterocycles. The first-order chi connectivity index (χ1) is 9.15. The van der Waals surface area contributed by atoms with E-state index in [9.17, 15) is 0 Å². The first-order valence-electron chi connectivity index (χ1n) is 5.41. The summed E-state index contributed by atoms with van der Waals surface area (Å²) in [7, 11) is 1.46. The number of rotatable bonds is 2. The van der Waals surface area contributed by atoms with Crippen LogP contribution in [0, 0.1) is 0 Å². The standard InChI is InChI=1S/C12H9ClN4O2/c1-18-12-16-10(15-11(14)17-12)9-5-6-4-7(13)2-3-8(6)19-9/h2-5H,1H3,(H2,14,15,16,17).